The van der Waals surface area contributed by atoms with Crippen molar-refractivity contribution in [3.8, 4) is 11.1 Å². The van der Waals surface area contributed by atoms with Crippen molar-refractivity contribution >= 4 is 23.1 Å². The maximum Gasteiger partial charge on any atom is 0.240 e. The van der Waals surface area contributed by atoms with Gasteiger partial charge in [-0.15, -0.1) is 0 Å². The van der Waals surface area contributed by atoms with Crippen molar-refractivity contribution in [1.29, 1.82) is 0 Å². The van der Waals surface area contributed by atoms with E-state index in [-0.39, 0.29) is 0 Å². The molecule has 0 atom stereocenters. The Morgan fingerprint density at radius 3 is 2.43 bits per heavy atom. The van der Waals surface area contributed by atoms with Crippen LogP contribution in [-0.4, -0.2) is 6.08 Å². The molecule has 0 aliphatic carbocycles. The first kappa shape index (κ1) is 8.88. The highest BCUT2D eigenvalue weighted by Gasteiger charge is 1.96. The maximum atomic E-state index is 10.00. The van der Waals surface area contributed by atoms with Crippen LogP contribution in [0.4, 0.5) is 5.69 Å². The van der Waals surface area contributed by atoms with Gasteiger partial charge >= 0.3 is 0 Å². The average Bonchev–Trinajstić information content (AvgIpc) is 2.72. The van der Waals surface area contributed by atoms with Gasteiger partial charge in [0.25, 0.3) is 0 Å². The largest absolute Gasteiger partial charge is 0.240 e. The lowest BCUT2D eigenvalue weighted by Crippen LogP contribution is -1.71. The van der Waals surface area contributed by atoms with E-state index in [4.69, 9.17) is 0 Å². The second-order valence-corrected chi connectivity index (χ2v) is 3.54. The number of thiophene rings is 1. The smallest absolute Gasteiger partial charge is 0.211 e. The fraction of sp³-hybridized carbons (Fsp3) is 0. The van der Waals surface area contributed by atoms with Gasteiger partial charge in [-0.2, -0.15) is 16.3 Å². The molecule has 0 fully saturated rings. The van der Waals surface area contributed by atoms with Gasteiger partial charge in [0.2, 0.25) is 6.08 Å². The van der Waals surface area contributed by atoms with Crippen LogP contribution in [0.5, 0.6) is 0 Å². The minimum Gasteiger partial charge on any atom is -0.211 e. The molecule has 68 valence electrons. The van der Waals surface area contributed by atoms with E-state index in [1.54, 1.807) is 23.5 Å². The number of benzene rings is 1. The van der Waals surface area contributed by atoms with Crippen molar-refractivity contribution in [2.75, 3.05) is 0 Å². The second-order valence-electron chi connectivity index (χ2n) is 2.76. The van der Waals surface area contributed by atoms with E-state index >= 15 is 0 Å². The van der Waals surface area contributed by atoms with Gasteiger partial charge in [-0.1, -0.05) is 12.1 Å². The Labute approximate surface area is 85.6 Å². The third-order valence-electron chi connectivity index (χ3n) is 1.90. The predicted octanol–water partition coefficient (Wildman–Crippen LogP) is 3.38. The fourth-order valence-electron chi connectivity index (χ4n) is 1.21. The maximum absolute atomic E-state index is 10.00. The van der Waals surface area contributed by atoms with Crippen molar-refractivity contribution in [2.45, 2.75) is 0 Å². The van der Waals surface area contributed by atoms with Crippen LogP contribution in [0.25, 0.3) is 11.1 Å². The van der Waals surface area contributed by atoms with Crippen molar-refractivity contribution in [3.05, 3.63) is 41.1 Å². The summed E-state index contributed by atoms with van der Waals surface area (Å²) >= 11 is 1.66. The van der Waals surface area contributed by atoms with E-state index in [1.807, 2.05) is 17.5 Å². The molecule has 0 bridgehead atoms. The first-order valence-corrected chi connectivity index (χ1v) is 5.05. The Bertz CT molecular complexity index is 453. The molecular formula is C11H7NOS. The number of hydrogen-bond acceptors (Lipinski definition) is 3. The van der Waals surface area contributed by atoms with Crippen LogP contribution in [0.1, 0.15) is 0 Å². The molecule has 3 heteroatoms. The Kier molecular flexibility index (Phi) is 2.54. The van der Waals surface area contributed by atoms with Crippen LogP contribution in [0, 0.1) is 0 Å². The molecular weight excluding hydrogens is 194 g/mol. The topological polar surface area (TPSA) is 29.4 Å². The molecule has 0 radical (unpaired) electrons. The molecule has 2 aromatic rings. The molecule has 0 saturated heterocycles. The van der Waals surface area contributed by atoms with E-state index in [9.17, 15) is 4.79 Å². The van der Waals surface area contributed by atoms with Crippen molar-refractivity contribution in [1.82, 2.24) is 0 Å². The lowest BCUT2D eigenvalue weighted by molar-refractivity contribution is 0.565. The van der Waals surface area contributed by atoms with E-state index in [0.717, 1.165) is 5.56 Å². The summed E-state index contributed by atoms with van der Waals surface area (Å²) in [5.74, 6) is 0. The van der Waals surface area contributed by atoms with Gasteiger partial charge in [-0.25, -0.2) is 4.79 Å². The van der Waals surface area contributed by atoms with Gasteiger partial charge in [0.05, 0.1) is 5.69 Å². The number of hydrogen-bond donors (Lipinski definition) is 0. The molecule has 2 nitrogen and oxygen atoms in total. The number of nitrogens with zero attached hydrogens (tertiary/aromatic N) is 1. The number of aliphatic imine (C=N–C) groups is 1. The first-order chi connectivity index (χ1) is 6.90. The van der Waals surface area contributed by atoms with Gasteiger partial charge in [0, 0.05) is 0 Å². The molecule has 0 saturated carbocycles. The highest BCUT2D eigenvalue weighted by atomic mass is 32.1. The molecule has 0 N–H and O–H groups in total. The summed E-state index contributed by atoms with van der Waals surface area (Å²) in [5.41, 5.74) is 2.96. The van der Waals surface area contributed by atoms with Gasteiger partial charge < -0.3 is 0 Å². The van der Waals surface area contributed by atoms with Crippen LogP contribution >= 0.6 is 11.3 Å². The van der Waals surface area contributed by atoms with E-state index in [0.29, 0.717) is 5.69 Å². The summed E-state index contributed by atoms with van der Waals surface area (Å²) in [6, 6.07) is 9.55. The lowest BCUT2D eigenvalue weighted by Gasteiger charge is -1.96. The lowest BCUT2D eigenvalue weighted by atomic mass is 10.1. The van der Waals surface area contributed by atoms with Crippen LogP contribution in [-0.2, 0) is 4.79 Å². The molecule has 0 amide bonds. The van der Waals surface area contributed by atoms with Crippen LogP contribution in [0.3, 0.4) is 0 Å². The molecule has 0 unspecified atom stereocenters. The van der Waals surface area contributed by atoms with Crippen LogP contribution < -0.4 is 0 Å². The Balaban J connectivity index is 2.35. The van der Waals surface area contributed by atoms with Crippen LogP contribution in [0.2, 0.25) is 0 Å². The summed E-state index contributed by atoms with van der Waals surface area (Å²) in [6.07, 6.45) is 1.52. The first-order valence-electron chi connectivity index (χ1n) is 4.10. The van der Waals surface area contributed by atoms with Crippen molar-refractivity contribution in [2.24, 2.45) is 4.99 Å². The standard InChI is InChI=1S/C11H7NOS/c13-8-12-11-3-1-9(2-4-11)10-5-6-14-7-10/h1-7H. The quantitative estimate of drug-likeness (QED) is 0.541. The molecule has 0 spiro atoms. The normalized spacial score (nSPS) is 9.43. The zero-order valence-corrected chi connectivity index (χ0v) is 8.12. The number of carbonyl (C=O) groups excluding carboxylic acids is 1. The number of isocyanates is 1. The van der Waals surface area contributed by atoms with Gasteiger partial charge in [0.1, 0.15) is 0 Å². The van der Waals surface area contributed by atoms with Gasteiger partial charge in [0.15, 0.2) is 0 Å². The van der Waals surface area contributed by atoms with Crippen molar-refractivity contribution in [3.63, 3.8) is 0 Å². The van der Waals surface area contributed by atoms with Crippen molar-refractivity contribution < 1.29 is 4.79 Å². The summed E-state index contributed by atoms with van der Waals surface area (Å²) in [5, 5.41) is 4.12. The highest BCUT2D eigenvalue weighted by Crippen LogP contribution is 2.24. The molecule has 2 rings (SSSR count). The summed E-state index contributed by atoms with van der Waals surface area (Å²) in [6.45, 7) is 0. The fourth-order valence-corrected chi connectivity index (χ4v) is 1.87. The highest BCUT2D eigenvalue weighted by molar-refractivity contribution is 7.08. The Hall–Kier alpha value is -1.70. The molecule has 1 heterocycles. The second kappa shape index (κ2) is 4.01. The monoisotopic (exact) mass is 201 g/mol. The number of rotatable bonds is 2. The Morgan fingerprint density at radius 2 is 1.86 bits per heavy atom. The predicted molar refractivity (Wildman–Crippen MR) is 57.5 cm³/mol. The summed E-state index contributed by atoms with van der Waals surface area (Å²) < 4.78 is 0. The summed E-state index contributed by atoms with van der Waals surface area (Å²) in [4.78, 5) is 13.5. The summed E-state index contributed by atoms with van der Waals surface area (Å²) in [7, 11) is 0. The van der Waals surface area contributed by atoms with E-state index in [1.165, 1.54) is 11.6 Å². The molecule has 0 aliphatic rings. The molecule has 1 aromatic heterocycles. The van der Waals surface area contributed by atoms with Gasteiger partial charge in [-0.05, 0) is 40.1 Å². The molecule has 14 heavy (non-hydrogen) atoms. The molecule has 1 aromatic carbocycles. The minimum absolute atomic E-state index is 0.638. The zero-order valence-electron chi connectivity index (χ0n) is 7.31. The zero-order chi connectivity index (χ0) is 9.80. The SMILES string of the molecule is O=C=Nc1ccc(-c2ccsc2)cc1. The van der Waals surface area contributed by atoms with Crippen LogP contribution in [0.15, 0.2) is 46.1 Å². The van der Waals surface area contributed by atoms with Gasteiger partial charge in [-0.3, -0.25) is 0 Å². The third-order valence-corrected chi connectivity index (χ3v) is 2.58. The Morgan fingerprint density at radius 1 is 1.07 bits per heavy atom. The average molecular weight is 201 g/mol. The molecule has 0 aliphatic heterocycles. The van der Waals surface area contributed by atoms with E-state index in [2.05, 4.69) is 16.4 Å². The van der Waals surface area contributed by atoms with E-state index < -0.39 is 0 Å². The minimum atomic E-state index is 0.638. The third kappa shape index (κ3) is 1.79.